The van der Waals surface area contributed by atoms with Crippen LogP contribution < -0.4 is 15.6 Å². The zero-order valence-corrected chi connectivity index (χ0v) is 24.2. The minimum atomic E-state index is -0.381. The fourth-order valence-electron chi connectivity index (χ4n) is 5.85. The molecule has 0 radical (unpaired) electrons. The van der Waals surface area contributed by atoms with E-state index in [1.165, 1.54) is 0 Å². The molecule has 222 valence electrons. The molecule has 0 bridgehead atoms. The van der Waals surface area contributed by atoms with Crippen molar-refractivity contribution >= 4 is 12.0 Å². The first kappa shape index (κ1) is 29.3. The standard InChI is InChI=1S/C31H42N4O6/c1-33-10-8-24(19-29(33)36)27-7-9-32-20-28(27)30(37)35(25-5-6-25)21-23-16-22(4-3-13-39-2)17-26(18-23)41-31(38)34-11-14-40-15-12-34/h8,10,16-19,25,27-28,32H,3-7,9,11-15,20-21H2,1-2H3/t27?,28-/m0/s1. The SMILES string of the molecule is COCCCc1cc(CN(C(=O)[C@H]2CNCCC2c2ccn(C)c(=O)c2)C2CC2)cc(OC(=O)N2CCOCC2)c1. The number of carbonyl (C=O) groups is 2. The molecular weight excluding hydrogens is 524 g/mol. The fraction of sp³-hybridized carbons (Fsp3) is 0.581. The number of aryl methyl sites for hydroxylation is 2. The van der Waals surface area contributed by atoms with E-state index in [0.29, 0.717) is 51.7 Å². The first-order chi connectivity index (χ1) is 19.9. The van der Waals surface area contributed by atoms with E-state index >= 15 is 0 Å². The minimum absolute atomic E-state index is 0.00989. The topological polar surface area (TPSA) is 102 Å². The van der Waals surface area contributed by atoms with Gasteiger partial charge < -0.3 is 33.9 Å². The Morgan fingerprint density at radius 3 is 2.61 bits per heavy atom. The van der Waals surface area contributed by atoms with E-state index in [1.54, 1.807) is 35.9 Å². The lowest BCUT2D eigenvalue weighted by Gasteiger charge is -2.36. The van der Waals surface area contributed by atoms with Crippen molar-refractivity contribution in [2.45, 2.75) is 50.6 Å². The Balaban J connectivity index is 1.37. The molecule has 10 heteroatoms. The van der Waals surface area contributed by atoms with Crippen LogP contribution in [0.3, 0.4) is 0 Å². The average Bonchev–Trinajstić information content (AvgIpc) is 3.83. The van der Waals surface area contributed by atoms with E-state index in [9.17, 15) is 14.4 Å². The van der Waals surface area contributed by atoms with Crippen molar-refractivity contribution in [3.63, 3.8) is 0 Å². The minimum Gasteiger partial charge on any atom is -0.410 e. The lowest BCUT2D eigenvalue weighted by molar-refractivity contribution is -0.138. The summed E-state index contributed by atoms with van der Waals surface area (Å²) in [5.74, 6) is 0.346. The maximum atomic E-state index is 14.2. The fourth-order valence-corrected chi connectivity index (χ4v) is 5.85. The van der Waals surface area contributed by atoms with Gasteiger partial charge in [0.1, 0.15) is 5.75 Å². The highest BCUT2D eigenvalue weighted by Crippen LogP contribution is 2.36. The summed E-state index contributed by atoms with van der Waals surface area (Å²) in [4.78, 5) is 43.1. The molecule has 1 unspecified atom stereocenters. The Kier molecular flexibility index (Phi) is 9.74. The smallest absolute Gasteiger partial charge is 0.410 e. The van der Waals surface area contributed by atoms with Gasteiger partial charge >= 0.3 is 6.09 Å². The Bertz CT molecular complexity index is 1270. The molecule has 2 atom stereocenters. The lowest BCUT2D eigenvalue weighted by Crippen LogP contribution is -2.47. The second-order valence-electron chi connectivity index (χ2n) is 11.4. The van der Waals surface area contributed by atoms with Gasteiger partial charge in [-0.2, -0.15) is 0 Å². The second-order valence-corrected chi connectivity index (χ2v) is 11.4. The summed E-state index contributed by atoms with van der Waals surface area (Å²) in [5, 5.41) is 3.41. The van der Waals surface area contributed by atoms with Crippen LogP contribution in [-0.2, 0) is 34.3 Å². The Morgan fingerprint density at radius 1 is 1.10 bits per heavy atom. The van der Waals surface area contributed by atoms with Crippen LogP contribution in [0.4, 0.5) is 4.79 Å². The third kappa shape index (κ3) is 7.55. The van der Waals surface area contributed by atoms with E-state index in [1.807, 2.05) is 23.1 Å². The van der Waals surface area contributed by atoms with E-state index in [0.717, 1.165) is 55.3 Å². The number of hydrogen-bond acceptors (Lipinski definition) is 7. The maximum absolute atomic E-state index is 14.2. The highest BCUT2D eigenvalue weighted by atomic mass is 16.6. The van der Waals surface area contributed by atoms with Gasteiger partial charge in [-0.25, -0.2) is 4.79 Å². The van der Waals surface area contributed by atoms with Crippen LogP contribution in [0.25, 0.3) is 0 Å². The van der Waals surface area contributed by atoms with Crippen molar-refractivity contribution in [2.75, 3.05) is 53.1 Å². The molecule has 1 aliphatic carbocycles. The predicted molar refractivity (Wildman–Crippen MR) is 154 cm³/mol. The molecular formula is C31H42N4O6. The third-order valence-corrected chi connectivity index (χ3v) is 8.29. The first-order valence-electron chi connectivity index (χ1n) is 14.8. The largest absolute Gasteiger partial charge is 0.415 e. The van der Waals surface area contributed by atoms with Crippen molar-refractivity contribution in [1.82, 2.24) is 19.7 Å². The maximum Gasteiger partial charge on any atom is 0.415 e. The summed E-state index contributed by atoms with van der Waals surface area (Å²) >= 11 is 0. The summed E-state index contributed by atoms with van der Waals surface area (Å²) in [6, 6.07) is 9.76. The summed E-state index contributed by atoms with van der Waals surface area (Å²) < 4.78 is 18.0. The van der Waals surface area contributed by atoms with Crippen LogP contribution in [0.1, 0.15) is 48.3 Å². The molecule has 41 heavy (non-hydrogen) atoms. The summed E-state index contributed by atoms with van der Waals surface area (Å²) in [6.07, 6.45) is 5.79. The molecule has 3 fully saturated rings. The number of rotatable bonds is 10. The molecule has 1 N–H and O–H groups in total. The number of aromatic nitrogens is 1. The van der Waals surface area contributed by atoms with Gasteiger partial charge in [-0.1, -0.05) is 6.07 Å². The summed E-state index contributed by atoms with van der Waals surface area (Å²) in [6.45, 7) is 4.51. The third-order valence-electron chi connectivity index (χ3n) is 8.29. The molecule has 3 heterocycles. The van der Waals surface area contributed by atoms with Crippen LogP contribution in [0.15, 0.2) is 41.3 Å². The van der Waals surface area contributed by atoms with Crippen LogP contribution in [0.2, 0.25) is 0 Å². The van der Waals surface area contributed by atoms with E-state index in [2.05, 4.69) is 11.4 Å². The van der Waals surface area contributed by atoms with Gasteiger partial charge in [0.2, 0.25) is 5.91 Å². The number of ether oxygens (including phenoxy) is 3. The Labute approximate surface area is 241 Å². The molecule has 2 aromatic rings. The van der Waals surface area contributed by atoms with Gasteiger partial charge in [0.05, 0.1) is 19.1 Å². The van der Waals surface area contributed by atoms with Gasteiger partial charge in [0, 0.05) is 65.2 Å². The number of piperidine rings is 1. The number of hydrogen-bond donors (Lipinski definition) is 1. The van der Waals surface area contributed by atoms with Gasteiger partial charge in [0.15, 0.2) is 0 Å². The molecule has 2 aliphatic heterocycles. The monoisotopic (exact) mass is 566 g/mol. The van der Waals surface area contributed by atoms with Crippen molar-refractivity contribution in [3.05, 3.63) is 63.6 Å². The molecule has 0 spiro atoms. The summed E-state index contributed by atoms with van der Waals surface area (Å²) in [5.41, 5.74) is 2.86. The average molecular weight is 567 g/mol. The molecule has 2 amide bonds. The van der Waals surface area contributed by atoms with Gasteiger partial charge in [0.25, 0.3) is 5.56 Å². The van der Waals surface area contributed by atoms with Crippen LogP contribution in [-0.4, -0.2) is 85.5 Å². The van der Waals surface area contributed by atoms with Crippen LogP contribution >= 0.6 is 0 Å². The quantitative estimate of drug-likeness (QED) is 0.441. The number of morpholine rings is 1. The predicted octanol–water partition coefficient (Wildman–Crippen LogP) is 2.68. The lowest BCUT2D eigenvalue weighted by atomic mass is 9.80. The molecule has 2 saturated heterocycles. The molecule has 10 nitrogen and oxygen atoms in total. The number of amides is 2. The molecule has 1 saturated carbocycles. The highest BCUT2D eigenvalue weighted by Gasteiger charge is 2.40. The zero-order valence-electron chi connectivity index (χ0n) is 24.2. The van der Waals surface area contributed by atoms with Crippen molar-refractivity contribution in [3.8, 4) is 5.75 Å². The number of methoxy groups -OCH3 is 1. The zero-order chi connectivity index (χ0) is 28.8. The number of nitrogens with one attached hydrogen (secondary N) is 1. The normalized spacial score (nSPS) is 21.0. The van der Waals surface area contributed by atoms with E-state index in [-0.39, 0.29) is 35.4 Å². The number of benzene rings is 1. The van der Waals surface area contributed by atoms with Crippen LogP contribution in [0, 0.1) is 5.92 Å². The Morgan fingerprint density at radius 2 is 1.88 bits per heavy atom. The van der Waals surface area contributed by atoms with E-state index in [4.69, 9.17) is 14.2 Å². The number of carbonyl (C=O) groups excluding carboxylic acids is 2. The molecule has 5 rings (SSSR count). The Hall–Kier alpha value is -3.21. The second kappa shape index (κ2) is 13.6. The van der Waals surface area contributed by atoms with E-state index < -0.39 is 0 Å². The highest BCUT2D eigenvalue weighted by molar-refractivity contribution is 5.81. The number of pyridine rings is 1. The van der Waals surface area contributed by atoms with Crippen molar-refractivity contribution < 1.29 is 23.8 Å². The molecule has 3 aliphatic rings. The molecule has 1 aromatic heterocycles. The van der Waals surface area contributed by atoms with Gasteiger partial charge in [-0.05, 0) is 79.5 Å². The molecule has 1 aromatic carbocycles. The summed E-state index contributed by atoms with van der Waals surface area (Å²) in [7, 11) is 3.42. The van der Waals surface area contributed by atoms with Crippen LogP contribution in [0.5, 0.6) is 5.75 Å². The van der Waals surface area contributed by atoms with Crippen molar-refractivity contribution in [1.29, 1.82) is 0 Å². The van der Waals surface area contributed by atoms with Crippen molar-refractivity contribution in [2.24, 2.45) is 13.0 Å². The van der Waals surface area contributed by atoms with Gasteiger partial charge in [-0.3, -0.25) is 9.59 Å². The number of nitrogens with zero attached hydrogens (tertiary/aromatic N) is 3. The first-order valence-corrected chi connectivity index (χ1v) is 14.8. The van der Waals surface area contributed by atoms with Gasteiger partial charge in [-0.15, -0.1) is 0 Å².